The van der Waals surface area contributed by atoms with Crippen LogP contribution in [0.25, 0.3) is 0 Å². The number of amidine groups is 1. The van der Waals surface area contributed by atoms with Gasteiger partial charge in [0.05, 0.1) is 12.7 Å². The molecule has 18 heavy (non-hydrogen) atoms. The van der Waals surface area contributed by atoms with Gasteiger partial charge in [0.1, 0.15) is 11.9 Å². The van der Waals surface area contributed by atoms with Gasteiger partial charge in [0.15, 0.2) is 6.17 Å². The van der Waals surface area contributed by atoms with Gasteiger partial charge in [-0.05, 0) is 26.1 Å². The van der Waals surface area contributed by atoms with Crippen molar-refractivity contribution in [1.82, 2.24) is 15.5 Å². The van der Waals surface area contributed by atoms with Gasteiger partial charge in [-0.15, -0.1) is 0 Å². The van der Waals surface area contributed by atoms with Gasteiger partial charge in [-0.2, -0.15) is 0 Å². The quantitative estimate of drug-likeness (QED) is 0.656. The number of rotatable bonds is 6. The molecule has 0 aliphatic carbocycles. The highest BCUT2D eigenvalue weighted by atomic mass is 15.3. The smallest absolute Gasteiger partial charge is 0.170 e. The van der Waals surface area contributed by atoms with Crippen molar-refractivity contribution in [3.05, 3.63) is 0 Å². The van der Waals surface area contributed by atoms with Crippen LogP contribution in [0.2, 0.25) is 0 Å². The Hall–Kier alpha value is -1.43. The summed E-state index contributed by atoms with van der Waals surface area (Å²) in [7, 11) is 0. The molecule has 6 heteroatoms. The zero-order chi connectivity index (χ0) is 12.8. The molecule has 0 spiro atoms. The Balaban J connectivity index is 1.78. The molecule has 0 aromatic heterocycles. The fourth-order valence-electron chi connectivity index (χ4n) is 2.16. The molecule has 2 rings (SSSR count). The molecule has 0 fully saturated rings. The SMILES string of the molecule is CCN(CC)CCCN=C1NC=NC2N=CNC12. The van der Waals surface area contributed by atoms with E-state index in [1.54, 1.807) is 12.7 Å². The molecule has 0 saturated heterocycles. The van der Waals surface area contributed by atoms with E-state index in [1.807, 2.05) is 0 Å². The molecule has 0 aromatic rings. The van der Waals surface area contributed by atoms with Crippen molar-refractivity contribution in [2.24, 2.45) is 15.0 Å². The van der Waals surface area contributed by atoms with Crippen molar-refractivity contribution >= 4 is 18.5 Å². The standard InChI is InChI=1S/C12H22N6/c1-3-18(4-2)7-5-6-13-11-10-12(15-8-14-10)17-9-16-11/h8-10,12H,3-7H2,1-2H3,(H,14,15)(H,13,16,17). The van der Waals surface area contributed by atoms with E-state index in [4.69, 9.17) is 0 Å². The van der Waals surface area contributed by atoms with E-state index in [1.165, 1.54) is 0 Å². The first kappa shape index (κ1) is 13.0. The third-order valence-electron chi connectivity index (χ3n) is 3.32. The van der Waals surface area contributed by atoms with E-state index in [-0.39, 0.29) is 12.2 Å². The fraction of sp³-hybridized carbons (Fsp3) is 0.750. The summed E-state index contributed by atoms with van der Waals surface area (Å²) in [5.41, 5.74) is 0. The molecule has 100 valence electrons. The van der Waals surface area contributed by atoms with Crippen LogP contribution in [0.5, 0.6) is 0 Å². The third kappa shape index (κ3) is 3.07. The molecular weight excluding hydrogens is 228 g/mol. The van der Waals surface area contributed by atoms with Crippen LogP contribution in [-0.4, -0.2) is 61.8 Å². The molecule has 2 unspecified atom stereocenters. The van der Waals surface area contributed by atoms with Gasteiger partial charge in [-0.1, -0.05) is 13.8 Å². The predicted molar refractivity (Wildman–Crippen MR) is 75.5 cm³/mol. The lowest BCUT2D eigenvalue weighted by Crippen LogP contribution is -2.49. The van der Waals surface area contributed by atoms with Crippen LogP contribution in [0.3, 0.4) is 0 Å². The lowest BCUT2D eigenvalue weighted by molar-refractivity contribution is 0.302. The topological polar surface area (TPSA) is 64.4 Å². The van der Waals surface area contributed by atoms with Crippen molar-refractivity contribution < 1.29 is 0 Å². The van der Waals surface area contributed by atoms with Crippen LogP contribution in [0.15, 0.2) is 15.0 Å². The van der Waals surface area contributed by atoms with Gasteiger partial charge < -0.3 is 15.5 Å². The van der Waals surface area contributed by atoms with E-state index in [9.17, 15) is 0 Å². The normalized spacial score (nSPS) is 27.4. The Kier molecular flexibility index (Phi) is 4.69. The molecular formula is C12H22N6. The number of hydrogen-bond donors (Lipinski definition) is 2. The van der Waals surface area contributed by atoms with Gasteiger partial charge in [0.25, 0.3) is 0 Å². The second-order valence-electron chi connectivity index (χ2n) is 4.41. The maximum absolute atomic E-state index is 4.61. The van der Waals surface area contributed by atoms with Crippen molar-refractivity contribution in [3.63, 3.8) is 0 Å². The van der Waals surface area contributed by atoms with Gasteiger partial charge in [0.2, 0.25) is 0 Å². The Morgan fingerprint density at radius 1 is 1.28 bits per heavy atom. The molecule has 2 aliphatic heterocycles. The van der Waals surface area contributed by atoms with Crippen molar-refractivity contribution in [2.45, 2.75) is 32.5 Å². The molecule has 0 amide bonds. The van der Waals surface area contributed by atoms with Gasteiger partial charge in [-0.3, -0.25) is 4.99 Å². The summed E-state index contributed by atoms with van der Waals surface area (Å²) in [6.45, 7) is 8.56. The molecule has 2 aliphatic rings. The van der Waals surface area contributed by atoms with Gasteiger partial charge in [-0.25, -0.2) is 9.98 Å². The Morgan fingerprint density at radius 3 is 2.83 bits per heavy atom. The van der Waals surface area contributed by atoms with E-state index in [0.29, 0.717) is 0 Å². The minimum Gasteiger partial charge on any atom is -0.363 e. The largest absolute Gasteiger partial charge is 0.363 e. The first-order valence-electron chi connectivity index (χ1n) is 6.67. The summed E-state index contributed by atoms with van der Waals surface area (Å²) in [5.74, 6) is 0.951. The number of nitrogens with one attached hydrogen (secondary N) is 2. The summed E-state index contributed by atoms with van der Waals surface area (Å²) in [6, 6.07) is 0.100. The van der Waals surface area contributed by atoms with E-state index >= 15 is 0 Å². The summed E-state index contributed by atoms with van der Waals surface area (Å²) in [4.78, 5) is 15.5. The summed E-state index contributed by atoms with van der Waals surface area (Å²) in [5, 5.41) is 6.28. The molecule has 0 bridgehead atoms. The van der Waals surface area contributed by atoms with Crippen LogP contribution < -0.4 is 10.6 Å². The molecule has 6 nitrogen and oxygen atoms in total. The molecule has 2 atom stereocenters. The van der Waals surface area contributed by atoms with E-state index in [2.05, 4.69) is 44.4 Å². The first-order valence-corrected chi connectivity index (χ1v) is 6.67. The highest BCUT2D eigenvalue weighted by Crippen LogP contribution is 2.09. The van der Waals surface area contributed by atoms with Crippen LogP contribution in [-0.2, 0) is 0 Å². The number of fused-ring (bicyclic) bond motifs is 1. The van der Waals surface area contributed by atoms with Crippen molar-refractivity contribution in [3.8, 4) is 0 Å². The Bertz CT molecular complexity index is 344. The molecule has 0 radical (unpaired) electrons. The van der Waals surface area contributed by atoms with Crippen LogP contribution in [0.1, 0.15) is 20.3 Å². The fourth-order valence-corrected chi connectivity index (χ4v) is 2.16. The number of nitrogens with zero attached hydrogens (tertiary/aromatic N) is 4. The Morgan fingerprint density at radius 2 is 2.06 bits per heavy atom. The summed E-state index contributed by atoms with van der Waals surface area (Å²) >= 11 is 0. The van der Waals surface area contributed by atoms with Gasteiger partial charge >= 0.3 is 0 Å². The number of aliphatic imine (C=N–C) groups is 3. The number of hydrogen-bond acceptors (Lipinski definition) is 5. The zero-order valence-corrected chi connectivity index (χ0v) is 11.1. The zero-order valence-electron chi connectivity index (χ0n) is 11.1. The highest BCUT2D eigenvalue weighted by molar-refractivity contribution is 6.00. The minimum absolute atomic E-state index is 0.0345. The maximum Gasteiger partial charge on any atom is 0.170 e. The lowest BCUT2D eigenvalue weighted by Gasteiger charge is -2.22. The predicted octanol–water partition coefficient (Wildman–Crippen LogP) is 0.0745. The summed E-state index contributed by atoms with van der Waals surface area (Å²) in [6.07, 6.45) is 4.45. The van der Waals surface area contributed by atoms with Crippen molar-refractivity contribution in [1.29, 1.82) is 0 Å². The summed E-state index contributed by atoms with van der Waals surface area (Å²) < 4.78 is 0. The van der Waals surface area contributed by atoms with Crippen LogP contribution in [0.4, 0.5) is 0 Å². The van der Waals surface area contributed by atoms with Crippen molar-refractivity contribution in [2.75, 3.05) is 26.2 Å². The Labute approximate surface area is 108 Å². The van der Waals surface area contributed by atoms with Crippen LogP contribution in [0, 0.1) is 0 Å². The second kappa shape index (κ2) is 6.49. The van der Waals surface area contributed by atoms with E-state index in [0.717, 1.165) is 38.4 Å². The first-order chi connectivity index (χ1) is 8.85. The lowest BCUT2D eigenvalue weighted by atomic mass is 10.2. The molecule has 2 heterocycles. The average Bonchev–Trinajstić information content (AvgIpc) is 2.88. The maximum atomic E-state index is 4.61. The van der Waals surface area contributed by atoms with Crippen LogP contribution >= 0.6 is 0 Å². The average molecular weight is 250 g/mol. The third-order valence-corrected chi connectivity index (χ3v) is 3.32. The van der Waals surface area contributed by atoms with E-state index < -0.39 is 0 Å². The monoisotopic (exact) mass is 250 g/mol. The minimum atomic E-state index is -0.0345. The van der Waals surface area contributed by atoms with Gasteiger partial charge in [0, 0.05) is 6.54 Å². The second-order valence-corrected chi connectivity index (χ2v) is 4.41. The molecule has 2 N–H and O–H groups in total. The highest BCUT2D eigenvalue weighted by Gasteiger charge is 2.30. The molecule has 0 saturated carbocycles. The molecule has 0 aromatic carbocycles.